The van der Waals surface area contributed by atoms with Crippen molar-refractivity contribution in [1.82, 2.24) is 0 Å². The molecule has 0 spiro atoms. The van der Waals surface area contributed by atoms with Crippen LogP contribution >= 0.6 is 11.6 Å². The molecule has 5 heteroatoms. The van der Waals surface area contributed by atoms with Gasteiger partial charge in [-0.3, -0.25) is 0 Å². The van der Waals surface area contributed by atoms with Crippen LogP contribution in [0, 0.1) is 0 Å². The largest absolute Gasteiger partial charge is 1.00 e. The monoisotopic (exact) mass is 300 g/mol. The average Bonchev–Trinajstić information content (AvgIpc) is 2.39. The van der Waals surface area contributed by atoms with Crippen LogP contribution in [0.1, 0.15) is 11.1 Å². The number of aliphatic carboxylic acids is 1. The number of carboxylic acid groups (broad SMARTS) is 1. The van der Waals surface area contributed by atoms with E-state index in [0.717, 1.165) is 0 Å². The SMILES string of the molecule is O=C([O-])C(O)(c1ccccc1)c1ccc(Cl)cc1.[K+]. The van der Waals surface area contributed by atoms with Crippen molar-refractivity contribution in [2.75, 3.05) is 0 Å². The molecule has 0 bridgehead atoms. The van der Waals surface area contributed by atoms with Crippen LogP contribution in [0.25, 0.3) is 0 Å². The molecule has 2 aromatic rings. The van der Waals surface area contributed by atoms with Gasteiger partial charge in [-0.25, -0.2) is 0 Å². The van der Waals surface area contributed by atoms with E-state index in [1.165, 1.54) is 36.4 Å². The van der Waals surface area contributed by atoms with E-state index >= 15 is 0 Å². The Bertz CT molecular complexity index is 557. The Morgan fingerprint density at radius 1 is 1.00 bits per heavy atom. The van der Waals surface area contributed by atoms with Crippen molar-refractivity contribution < 1.29 is 66.4 Å². The molecule has 0 saturated carbocycles. The standard InChI is InChI=1S/C14H11ClO3.K/c15-12-8-6-11(7-9-12)14(18,13(16)17)10-4-2-1-3-5-10;/h1-9,18H,(H,16,17);/q;+1/p-1. The van der Waals surface area contributed by atoms with E-state index < -0.39 is 11.6 Å². The molecule has 0 fully saturated rings. The molecule has 2 aromatic carbocycles. The average molecular weight is 301 g/mol. The summed E-state index contributed by atoms with van der Waals surface area (Å²) in [6.07, 6.45) is 0. The predicted octanol–water partition coefficient (Wildman–Crippen LogP) is -1.67. The Kier molecular flexibility index (Phi) is 6.20. The molecule has 0 radical (unpaired) electrons. The Morgan fingerprint density at radius 3 is 1.95 bits per heavy atom. The quantitative estimate of drug-likeness (QED) is 0.690. The molecule has 0 aliphatic heterocycles. The van der Waals surface area contributed by atoms with E-state index in [9.17, 15) is 15.0 Å². The zero-order chi connectivity index (χ0) is 13.2. The Balaban J connectivity index is 0.00000180. The van der Waals surface area contributed by atoms with Crippen LogP contribution in [0.3, 0.4) is 0 Å². The minimum atomic E-state index is -2.17. The molecular weight excluding hydrogens is 291 g/mol. The number of hydrogen-bond donors (Lipinski definition) is 1. The van der Waals surface area contributed by atoms with Gasteiger partial charge in [-0.05, 0) is 23.3 Å². The van der Waals surface area contributed by atoms with Crippen molar-refractivity contribution in [1.29, 1.82) is 0 Å². The fourth-order valence-electron chi connectivity index (χ4n) is 1.77. The first-order valence-corrected chi connectivity index (χ1v) is 5.68. The molecule has 1 N–H and O–H groups in total. The van der Waals surface area contributed by atoms with Crippen LogP contribution in [0.5, 0.6) is 0 Å². The van der Waals surface area contributed by atoms with Crippen molar-refractivity contribution in [2.45, 2.75) is 5.60 Å². The number of hydrogen-bond acceptors (Lipinski definition) is 3. The molecule has 0 aliphatic rings. The third-order valence-corrected chi connectivity index (χ3v) is 3.00. The van der Waals surface area contributed by atoms with Gasteiger partial charge in [0.15, 0.2) is 5.60 Å². The summed E-state index contributed by atoms with van der Waals surface area (Å²) in [7, 11) is 0. The van der Waals surface area contributed by atoms with E-state index in [4.69, 9.17) is 11.6 Å². The van der Waals surface area contributed by atoms with E-state index in [2.05, 4.69) is 0 Å². The summed E-state index contributed by atoms with van der Waals surface area (Å²) < 4.78 is 0. The molecule has 0 heterocycles. The third-order valence-electron chi connectivity index (χ3n) is 2.75. The van der Waals surface area contributed by atoms with Gasteiger partial charge in [0.05, 0.1) is 5.97 Å². The normalized spacial score (nSPS) is 13.2. The third kappa shape index (κ3) is 3.47. The summed E-state index contributed by atoms with van der Waals surface area (Å²) in [5.41, 5.74) is -1.73. The van der Waals surface area contributed by atoms with Crippen molar-refractivity contribution in [3.05, 3.63) is 70.7 Å². The predicted molar refractivity (Wildman–Crippen MR) is 65.9 cm³/mol. The molecule has 19 heavy (non-hydrogen) atoms. The van der Waals surface area contributed by atoms with Gasteiger partial charge >= 0.3 is 51.4 Å². The second-order valence-electron chi connectivity index (χ2n) is 3.87. The minimum Gasteiger partial charge on any atom is -0.546 e. The number of carbonyl (C=O) groups excluding carboxylic acids is 1. The van der Waals surface area contributed by atoms with Crippen molar-refractivity contribution in [3.8, 4) is 0 Å². The molecule has 1 unspecified atom stereocenters. The zero-order valence-corrected chi connectivity index (χ0v) is 14.2. The number of aliphatic hydroxyl groups is 1. The van der Waals surface area contributed by atoms with E-state index in [0.29, 0.717) is 5.02 Å². The van der Waals surface area contributed by atoms with Crippen LogP contribution in [-0.4, -0.2) is 11.1 Å². The maximum atomic E-state index is 11.3. The van der Waals surface area contributed by atoms with Gasteiger partial charge in [0.25, 0.3) is 0 Å². The van der Waals surface area contributed by atoms with Crippen LogP contribution < -0.4 is 56.5 Å². The Hall–Kier alpha value is -0.204. The molecule has 0 saturated heterocycles. The van der Waals surface area contributed by atoms with Gasteiger partial charge < -0.3 is 15.0 Å². The number of benzene rings is 2. The van der Waals surface area contributed by atoms with E-state index in [-0.39, 0.29) is 62.5 Å². The molecule has 3 nitrogen and oxygen atoms in total. The maximum Gasteiger partial charge on any atom is 1.00 e. The summed E-state index contributed by atoms with van der Waals surface area (Å²) in [6.45, 7) is 0. The topological polar surface area (TPSA) is 60.4 Å². The van der Waals surface area contributed by atoms with Gasteiger partial charge in [0.1, 0.15) is 0 Å². The van der Waals surface area contributed by atoms with Crippen molar-refractivity contribution in [3.63, 3.8) is 0 Å². The van der Waals surface area contributed by atoms with Gasteiger partial charge in [0, 0.05) is 5.02 Å². The number of halogens is 1. The first-order chi connectivity index (χ1) is 8.55. The van der Waals surface area contributed by atoms with Gasteiger partial charge in [0.2, 0.25) is 0 Å². The molecule has 92 valence electrons. The molecule has 0 amide bonds. The van der Waals surface area contributed by atoms with Crippen LogP contribution in [0.15, 0.2) is 54.6 Å². The van der Waals surface area contributed by atoms with Crippen LogP contribution in [0.2, 0.25) is 5.02 Å². The molecule has 0 aromatic heterocycles. The molecule has 1 atom stereocenters. The van der Waals surface area contributed by atoms with Crippen molar-refractivity contribution in [2.24, 2.45) is 0 Å². The van der Waals surface area contributed by atoms with E-state index in [1.54, 1.807) is 18.2 Å². The first-order valence-electron chi connectivity index (χ1n) is 5.30. The maximum absolute atomic E-state index is 11.3. The van der Waals surface area contributed by atoms with Crippen LogP contribution in [-0.2, 0) is 10.4 Å². The number of carbonyl (C=O) groups is 1. The summed E-state index contributed by atoms with van der Waals surface area (Å²) >= 11 is 5.74. The molecular formula is C14H10ClKO3. The number of rotatable bonds is 3. The van der Waals surface area contributed by atoms with Gasteiger partial charge in [-0.2, -0.15) is 0 Å². The summed E-state index contributed by atoms with van der Waals surface area (Å²) in [5.74, 6) is -1.57. The van der Waals surface area contributed by atoms with Crippen molar-refractivity contribution >= 4 is 17.6 Å². The smallest absolute Gasteiger partial charge is 0.546 e. The first kappa shape index (κ1) is 16.8. The summed E-state index contributed by atoms with van der Waals surface area (Å²) in [6, 6.07) is 14.1. The van der Waals surface area contributed by atoms with Gasteiger partial charge in [-0.15, -0.1) is 0 Å². The second kappa shape index (κ2) is 6.99. The number of carboxylic acids is 1. The Morgan fingerprint density at radius 2 is 1.47 bits per heavy atom. The molecule has 2 rings (SSSR count). The van der Waals surface area contributed by atoms with Crippen LogP contribution in [0.4, 0.5) is 0 Å². The van der Waals surface area contributed by atoms with Gasteiger partial charge in [-0.1, -0.05) is 54.1 Å². The summed E-state index contributed by atoms with van der Waals surface area (Å²) in [5, 5.41) is 22.2. The Labute approximate surface area is 158 Å². The molecule has 0 aliphatic carbocycles. The fraction of sp³-hybridized carbons (Fsp3) is 0.0714. The summed E-state index contributed by atoms with van der Waals surface area (Å²) in [4.78, 5) is 11.3. The van der Waals surface area contributed by atoms with E-state index in [1.807, 2.05) is 0 Å². The fourth-order valence-corrected chi connectivity index (χ4v) is 1.90. The second-order valence-corrected chi connectivity index (χ2v) is 4.31. The zero-order valence-electron chi connectivity index (χ0n) is 10.3. The minimum absolute atomic E-state index is 0.